The van der Waals surface area contributed by atoms with Crippen molar-refractivity contribution in [1.29, 1.82) is 0 Å². The standard InChI is InChI=1S/C19H29ClN2O2.ClH/c1-24-19-14-18(21)17(20)13-16(19)6-2-3-9-22-10-7-15(8-11-22)5-4-12-23;/h12-15H,2-11,21H2,1H3;1H. The molecule has 1 aliphatic heterocycles. The van der Waals surface area contributed by atoms with E-state index in [-0.39, 0.29) is 12.4 Å². The molecule has 1 aromatic carbocycles. The molecule has 25 heavy (non-hydrogen) atoms. The Morgan fingerprint density at radius 1 is 1.32 bits per heavy atom. The highest BCUT2D eigenvalue weighted by Gasteiger charge is 2.18. The summed E-state index contributed by atoms with van der Waals surface area (Å²) in [4.78, 5) is 13.0. The molecule has 1 heterocycles. The van der Waals surface area contributed by atoms with Gasteiger partial charge in [0.1, 0.15) is 12.0 Å². The summed E-state index contributed by atoms with van der Waals surface area (Å²) < 4.78 is 5.40. The second-order valence-corrected chi connectivity index (χ2v) is 7.08. The van der Waals surface area contributed by atoms with Crippen molar-refractivity contribution in [2.45, 2.75) is 44.9 Å². The number of aldehydes is 1. The average molecular weight is 389 g/mol. The fourth-order valence-electron chi connectivity index (χ4n) is 3.45. The average Bonchev–Trinajstić information content (AvgIpc) is 2.60. The van der Waals surface area contributed by atoms with Crippen LogP contribution in [0.2, 0.25) is 5.02 Å². The fourth-order valence-corrected chi connectivity index (χ4v) is 3.64. The molecule has 0 aliphatic carbocycles. The zero-order valence-corrected chi connectivity index (χ0v) is 16.6. The number of methoxy groups -OCH3 is 1. The summed E-state index contributed by atoms with van der Waals surface area (Å²) in [5, 5.41) is 0.600. The highest BCUT2D eigenvalue weighted by molar-refractivity contribution is 6.33. The molecule has 0 spiro atoms. The Morgan fingerprint density at radius 2 is 2.04 bits per heavy atom. The first-order valence-electron chi connectivity index (χ1n) is 8.92. The quantitative estimate of drug-likeness (QED) is 0.387. The fraction of sp³-hybridized carbons (Fsp3) is 0.632. The van der Waals surface area contributed by atoms with Crippen molar-refractivity contribution in [3.05, 3.63) is 22.7 Å². The molecule has 1 aliphatic rings. The van der Waals surface area contributed by atoms with Crippen LogP contribution >= 0.6 is 24.0 Å². The van der Waals surface area contributed by atoms with Crippen LogP contribution in [0.4, 0.5) is 5.69 Å². The van der Waals surface area contributed by atoms with Gasteiger partial charge in [0.25, 0.3) is 0 Å². The number of rotatable bonds is 9. The summed E-state index contributed by atoms with van der Waals surface area (Å²) in [6.07, 6.45) is 8.53. The van der Waals surface area contributed by atoms with Gasteiger partial charge in [-0.05, 0) is 75.7 Å². The van der Waals surface area contributed by atoms with Crippen molar-refractivity contribution < 1.29 is 9.53 Å². The number of ether oxygens (including phenoxy) is 1. The largest absolute Gasteiger partial charge is 0.496 e. The van der Waals surface area contributed by atoms with Crippen LogP contribution in [-0.2, 0) is 11.2 Å². The van der Waals surface area contributed by atoms with Crippen LogP contribution in [-0.4, -0.2) is 37.9 Å². The van der Waals surface area contributed by atoms with E-state index in [9.17, 15) is 4.79 Å². The maximum Gasteiger partial charge on any atom is 0.124 e. The van der Waals surface area contributed by atoms with Gasteiger partial charge in [-0.15, -0.1) is 12.4 Å². The third-order valence-corrected chi connectivity index (χ3v) is 5.30. The van der Waals surface area contributed by atoms with Crippen LogP contribution in [0.25, 0.3) is 0 Å². The number of aryl methyl sites for hydroxylation is 1. The topological polar surface area (TPSA) is 55.6 Å². The zero-order valence-electron chi connectivity index (χ0n) is 15.0. The number of likely N-dealkylation sites (tertiary alicyclic amines) is 1. The van der Waals surface area contributed by atoms with Crippen molar-refractivity contribution in [1.82, 2.24) is 4.90 Å². The molecule has 0 bridgehead atoms. The van der Waals surface area contributed by atoms with E-state index in [0.29, 0.717) is 10.7 Å². The summed E-state index contributed by atoms with van der Waals surface area (Å²) >= 11 is 6.12. The van der Waals surface area contributed by atoms with E-state index in [2.05, 4.69) is 4.90 Å². The van der Waals surface area contributed by atoms with E-state index in [1.54, 1.807) is 7.11 Å². The number of nitrogen functional groups attached to an aromatic ring is 1. The number of halogens is 2. The van der Waals surface area contributed by atoms with E-state index in [4.69, 9.17) is 22.1 Å². The second kappa shape index (κ2) is 11.6. The lowest BCUT2D eigenvalue weighted by molar-refractivity contribution is -0.108. The summed E-state index contributed by atoms with van der Waals surface area (Å²) in [6.45, 7) is 3.48. The molecule has 142 valence electrons. The Kier molecular flexibility index (Phi) is 10.2. The Balaban J connectivity index is 0.00000312. The van der Waals surface area contributed by atoms with Gasteiger partial charge in [0.2, 0.25) is 0 Å². The van der Waals surface area contributed by atoms with Gasteiger partial charge in [-0.1, -0.05) is 11.6 Å². The second-order valence-electron chi connectivity index (χ2n) is 6.67. The molecule has 4 nitrogen and oxygen atoms in total. The predicted octanol–water partition coefficient (Wildman–Crippen LogP) is 4.37. The van der Waals surface area contributed by atoms with E-state index in [0.717, 1.165) is 55.7 Å². The number of piperidine rings is 1. The minimum atomic E-state index is 0. The van der Waals surface area contributed by atoms with Crippen LogP contribution in [0.5, 0.6) is 5.75 Å². The Hall–Kier alpha value is -0.970. The summed E-state index contributed by atoms with van der Waals surface area (Å²) in [5.41, 5.74) is 7.51. The third kappa shape index (κ3) is 7.04. The van der Waals surface area contributed by atoms with Gasteiger partial charge in [-0.2, -0.15) is 0 Å². The molecule has 0 aromatic heterocycles. The predicted molar refractivity (Wildman–Crippen MR) is 107 cm³/mol. The molecule has 1 aromatic rings. The van der Waals surface area contributed by atoms with Crippen LogP contribution in [0.1, 0.15) is 44.1 Å². The molecular formula is C19H30Cl2N2O2. The maximum atomic E-state index is 10.5. The van der Waals surface area contributed by atoms with E-state index in [1.165, 1.54) is 32.4 Å². The van der Waals surface area contributed by atoms with Gasteiger partial charge in [0.15, 0.2) is 0 Å². The lowest BCUT2D eigenvalue weighted by Gasteiger charge is -2.31. The number of hydrogen-bond acceptors (Lipinski definition) is 4. The van der Waals surface area contributed by atoms with Crippen LogP contribution in [0.15, 0.2) is 12.1 Å². The van der Waals surface area contributed by atoms with E-state index < -0.39 is 0 Å². The molecule has 0 radical (unpaired) electrons. The van der Waals surface area contributed by atoms with Gasteiger partial charge < -0.3 is 20.2 Å². The summed E-state index contributed by atoms with van der Waals surface area (Å²) in [6, 6.07) is 3.73. The van der Waals surface area contributed by atoms with Gasteiger partial charge >= 0.3 is 0 Å². The maximum absolute atomic E-state index is 10.5. The normalized spacial score (nSPS) is 15.6. The number of benzene rings is 1. The van der Waals surface area contributed by atoms with Crippen LogP contribution in [0, 0.1) is 5.92 Å². The molecule has 6 heteroatoms. The Morgan fingerprint density at radius 3 is 2.68 bits per heavy atom. The molecule has 0 saturated carbocycles. The SMILES string of the molecule is COc1cc(N)c(Cl)cc1CCCCN1CCC(CCC=O)CC1.Cl. The highest BCUT2D eigenvalue weighted by atomic mass is 35.5. The van der Waals surface area contributed by atoms with E-state index >= 15 is 0 Å². The van der Waals surface area contributed by atoms with Gasteiger partial charge in [0, 0.05) is 12.5 Å². The minimum absolute atomic E-state index is 0. The smallest absolute Gasteiger partial charge is 0.124 e. The molecule has 0 atom stereocenters. The molecule has 2 rings (SSSR count). The van der Waals surface area contributed by atoms with Crippen LogP contribution < -0.4 is 10.5 Å². The van der Waals surface area contributed by atoms with Crippen molar-refractivity contribution in [3.63, 3.8) is 0 Å². The van der Waals surface area contributed by atoms with Crippen molar-refractivity contribution >= 4 is 36.0 Å². The first-order valence-corrected chi connectivity index (χ1v) is 9.29. The zero-order chi connectivity index (χ0) is 17.4. The van der Waals surface area contributed by atoms with Crippen molar-refractivity contribution in [3.8, 4) is 5.75 Å². The van der Waals surface area contributed by atoms with Crippen molar-refractivity contribution in [2.75, 3.05) is 32.5 Å². The number of hydrogen-bond donors (Lipinski definition) is 1. The van der Waals surface area contributed by atoms with E-state index in [1.807, 2.05) is 12.1 Å². The first-order chi connectivity index (χ1) is 11.6. The molecule has 0 unspecified atom stereocenters. The number of unbranched alkanes of at least 4 members (excludes halogenated alkanes) is 1. The number of carbonyl (C=O) groups excluding carboxylic acids is 1. The molecule has 2 N–H and O–H groups in total. The molecular weight excluding hydrogens is 359 g/mol. The third-order valence-electron chi connectivity index (χ3n) is 4.97. The first kappa shape index (κ1) is 22.1. The Labute approximate surface area is 162 Å². The Bertz CT molecular complexity index is 532. The van der Waals surface area contributed by atoms with Gasteiger partial charge in [-0.25, -0.2) is 0 Å². The lowest BCUT2D eigenvalue weighted by Crippen LogP contribution is -2.34. The lowest BCUT2D eigenvalue weighted by atomic mass is 9.92. The van der Waals surface area contributed by atoms with Gasteiger partial charge in [-0.3, -0.25) is 0 Å². The summed E-state index contributed by atoms with van der Waals surface area (Å²) in [5.74, 6) is 1.57. The molecule has 1 saturated heterocycles. The number of carbonyl (C=O) groups is 1. The number of anilines is 1. The van der Waals surface area contributed by atoms with Crippen molar-refractivity contribution in [2.24, 2.45) is 5.92 Å². The summed E-state index contributed by atoms with van der Waals surface area (Å²) in [7, 11) is 1.67. The highest BCUT2D eigenvalue weighted by Crippen LogP contribution is 2.30. The van der Waals surface area contributed by atoms with Crippen LogP contribution in [0.3, 0.4) is 0 Å². The molecule has 1 fully saturated rings. The van der Waals surface area contributed by atoms with Gasteiger partial charge in [0.05, 0.1) is 17.8 Å². The minimum Gasteiger partial charge on any atom is -0.496 e. The number of nitrogens with zero attached hydrogens (tertiary/aromatic N) is 1. The monoisotopic (exact) mass is 388 g/mol. The number of nitrogens with two attached hydrogens (primary N) is 1. The molecule has 0 amide bonds.